The van der Waals surface area contributed by atoms with Crippen LogP contribution in [0, 0.1) is 5.92 Å². The number of ether oxygens (including phenoxy) is 3. The molecule has 1 aliphatic rings. The monoisotopic (exact) mass is 392 g/mol. The largest absolute Gasteiger partial charge is 0.496 e. The highest BCUT2D eigenvalue weighted by molar-refractivity contribution is 5.86. The van der Waals surface area contributed by atoms with E-state index in [4.69, 9.17) is 14.2 Å². The third-order valence-corrected chi connectivity index (χ3v) is 4.58. The minimum atomic E-state index is -0.642. The molecule has 1 heterocycles. The molecule has 2 N–H and O–H groups in total. The second-order valence-electron chi connectivity index (χ2n) is 7.93. The molecule has 1 aromatic rings. The summed E-state index contributed by atoms with van der Waals surface area (Å²) < 4.78 is 16.1. The maximum absolute atomic E-state index is 12.8. The SMILES string of the molecule is COc1ccccc1CCNC(=O)[C@@H](NC(=O)OC(C)(C)C)C1CCOCC1. The molecule has 1 fully saturated rings. The van der Waals surface area contributed by atoms with E-state index in [0.29, 0.717) is 26.2 Å². The molecule has 1 saturated heterocycles. The van der Waals surface area contributed by atoms with Crippen molar-refractivity contribution in [2.45, 2.75) is 51.7 Å². The zero-order valence-electron chi connectivity index (χ0n) is 17.2. The number of benzene rings is 1. The zero-order chi connectivity index (χ0) is 20.6. The van der Waals surface area contributed by atoms with Gasteiger partial charge in [0.25, 0.3) is 0 Å². The first kappa shape index (κ1) is 22.0. The molecule has 0 aromatic heterocycles. The summed E-state index contributed by atoms with van der Waals surface area (Å²) in [6.07, 6.45) is 1.51. The van der Waals surface area contributed by atoms with Gasteiger partial charge in [-0.3, -0.25) is 4.79 Å². The van der Waals surface area contributed by atoms with Crippen molar-refractivity contribution in [3.8, 4) is 5.75 Å². The van der Waals surface area contributed by atoms with Gasteiger partial charge >= 0.3 is 6.09 Å². The topological polar surface area (TPSA) is 85.9 Å². The maximum atomic E-state index is 12.8. The summed E-state index contributed by atoms with van der Waals surface area (Å²) in [4.78, 5) is 25.1. The Morgan fingerprint density at radius 2 is 1.89 bits per heavy atom. The van der Waals surface area contributed by atoms with Crippen LogP contribution >= 0.6 is 0 Å². The van der Waals surface area contributed by atoms with Gasteiger partial charge in [-0.15, -0.1) is 0 Å². The molecule has 1 aliphatic heterocycles. The van der Waals surface area contributed by atoms with Crippen molar-refractivity contribution in [2.24, 2.45) is 5.92 Å². The standard InChI is InChI=1S/C21H32N2O5/c1-21(2,3)28-20(25)23-18(16-10-13-27-14-11-16)19(24)22-12-9-15-7-5-6-8-17(15)26-4/h5-8,16,18H,9-14H2,1-4H3,(H,22,24)(H,23,25)/t18-/m0/s1. The highest BCUT2D eigenvalue weighted by Crippen LogP contribution is 2.20. The molecule has 0 bridgehead atoms. The van der Waals surface area contributed by atoms with E-state index >= 15 is 0 Å². The lowest BCUT2D eigenvalue weighted by Gasteiger charge is -2.31. The van der Waals surface area contributed by atoms with E-state index < -0.39 is 17.7 Å². The van der Waals surface area contributed by atoms with Gasteiger partial charge in [0.2, 0.25) is 5.91 Å². The third kappa shape index (κ3) is 7.03. The molecular formula is C21H32N2O5. The van der Waals surface area contributed by atoms with Crippen LogP contribution in [0.15, 0.2) is 24.3 Å². The van der Waals surface area contributed by atoms with Gasteiger partial charge in [-0.1, -0.05) is 18.2 Å². The maximum Gasteiger partial charge on any atom is 0.408 e. The number of hydrogen-bond acceptors (Lipinski definition) is 5. The van der Waals surface area contributed by atoms with Crippen LogP contribution in [0.4, 0.5) is 4.79 Å². The van der Waals surface area contributed by atoms with Crippen LogP contribution < -0.4 is 15.4 Å². The van der Waals surface area contributed by atoms with E-state index in [-0.39, 0.29) is 11.8 Å². The van der Waals surface area contributed by atoms with E-state index in [1.807, 2.05) is 24.3 Å². The normalized spacial score (nSPS) is 16.1. The van der Waals surface area contributed by atoms with Gasteiger partial charge in [0.1, 0.15) is 17.4 Å². The fourth-order valence-corrected chi connectivity index (χ4v) is 3.22. The zero-order valence-corrected chi connectivity index (χ0v) is 17.2. The van der Waals surface area contributed by atoms with Crippen LogP contribution in [0.1, 0.15) is 39.2 Å². The number of alkyl carbamates (subject to hydrolysis) is 1. The molecule has 0 saturated carbocycles. The van der Waals surface area contributed by atoms with Gasteiger partial charge in [-0.25, -0.2) is 4.79 Å². The van der Waals surface area contributed by atoms with E-state index in [1.165, 1.54) is 0 Å². The molecule has 0 spiro atoms. The summed E-state index contributed by atoms with van der Waals surface area (Å²) >= 11 is 0. The summed E-state index contributed by atoms with van der Waals surface area (Å²) in [5.74, 6) is 0.616. The van der Waals surface area contributed by atoms with Gasteiger partial charge in [0.15, 0.2) is 0 Å². The molecule has 2 amide bonds. The molecule has 0 aliphatic carbocycles. The van der Waals surface area contributed by atoms with Crippen LogP contribution in [0.25, 0.3) is 0 Å². The fraction of sp³-hybridized carbons (Fsp3) is 0.619. The van der Waals surface area contributed by atoms with E-state index in [0.717, 1.165) is 24.2 Å². The average molecular weight is 392 g/mol. The number of para-hydroxylation sites is 1. The minimum Gasteiger partial charge on any atom is -0.496 e. The molecule has 1 aromatic carbocycles. The summed E-state index contributed by atoms with van der Waals surface area (Å²) in [6, 6.07) is 7.07. The third-order valence-electron chi connectivity index (χ3n) is 4.58. The smallest absolute Gasteiger partial charge is 0.408 e. The lowest BCUT2D eigenvalue weighted by molar-refractivity contribution is -0.125. The van der Waals surface area contributed by atoms with Crippen LogP contribution in [-0.4, -0.2) is 50.5 Å². The Hall–Kier alpha value is -2.28. The lowest BCUT2D eigenvalue weighted by atomic mass is 9.91. The van der Waals surface area contributed by atoms with Crippen molar-refractivity contribution in [1.29, 1.82) is 0 Å². The summed E-state index contributed by atoms with van der Waals surface area (Å²) in [7, 11) is 1.63. The van der Waals surface area contributed by atoms with Gasteiger partial charge in [0, 0.05) is 19.8 Å². The van der Waals surface area contributed by atoms with Crippen molar-refractivity contribution >= 4 is 12.0 Å². The molecule has 0 unspecified atom stereocenters. The van der Waals surface area contributed by atoms with Crippen molar-refractivity contribution in [3.63, 3.8) is 0 Å². The van der Waals surface area contributed by atoms with Gasteiger partial charge in [-0.05, 0) is 57.6 Å². The summed E-state index contributed by atoms with van der Waals surface area (Å²) in [6.45, 7) is 7.02. The Bertz CT molecular complexity index is 650. The Morgan fingerprint density at radius 3 is 2.54 bits per heavy atom. The molecule has 7 nitrogen and oxygen atoms in total. The Kier molecular flexibility index (Phi) is 8.11. The Balaban J connectivity index is 1.96. The van der Waals surface area contributed by atoms with Crippen molar-refractivity contribution in [3.05, 3.63) is 29.8 Å². The van der Waals surface area contributed by atoms with E-state index in [2.05, 4.69) is 10.6 Å². The number of carbonyl (C=O) groups excluding carboxylic acids is 2. The number of amides is 2. The van der Waals surface area contributed by atoms with Gasteiger partial charge in [0.05, 0.1) is 7.11 Å². The molecule has 156 valence electrons. The second kappa shape index (κ2) is 10.3. The first-order valence-corrected chi connectivity index (χ1v) is 9.77. The van der Waals surface area contributed by atoms with Gasteiger partial charge in [-0.2, -0.15) is 0 Å². The fourth-order valence-electron chi connectivity index (χ4n) is 3.22. The predicted molar refractivity (Wildman–Crippen MR) is 106 cm³/mol. The van der Waals surface area contributed by atoms with E-state index in [1.54, 1.807) is 27.9 Å². The first-order valence-electron chi connectivity index (χ1n) is 9.77. The Morgan fingerprint density at radius 1 is 1.21 bits per heavy atom. The van der Waals surface area contributed by atoms with Crippen LogP contribution in [-0.2, 0) is 20.7 Å². The predicted octanol–water partition coefficient (Wildman–Crippen LogP) is 2.67. The van der Waals surface area contributed by atoms with Gasteiger partial charge < -0.3 is 24.8 Å². The van der Waals surface area contributed by atoms with Crippen molar-refractivity contribution in [2.75, 3.05) is 26.9 Å². The number of nitrogens with one attached hydrogen (secondary N) is 2. The Labute approximate surface area is 167 Å². The van der Waals surface area contributed by atoms with Crippen molar-refractivity contribution < 1.29 is 23.8 Å². The number of methoxy groups -OCH3 is 1. The molecule has 7 heteroatoms. The molecule has 1 atom stereocenters. The average Bonchev–Trinajstić information content (AvgIpc) is 2.65. The number of hydrogen-bond donors (Lipinski definition) is 2. The van der Waals surface area contributed by atoms with Crippen LogP contribution in [0.2, 0.25) is 0 Å². The molecule has 0 radical (unpaired) electrons. The quantitative estimate of drug-likeness (QED) is 0.745. The van der Waals surface area contributed by atoms with Crippen LogP contribution in [0.3, 0.4) is 0 Å². The minimum absolute atomic E-state index is 0.0209. The highest BCUT2D eigenvalue weighted by Gasteiger charge is 2.32. The summed E-state index contributed by atoms with van der Waals surface area (Å²) in [5.41, 5.74) is 0.401. The number of rotatable bonds is 7. The number of carbonyl (C=O) groups is 2. The molecule has 28 heavy (non-hydrogen) atoms. The van der Waals surface area contributed by atoms with E-state index in [9.17, 15) is 9.59 Å². The first-order chi connectivity index (χ1) is 13.3. The highest BCUT2D eigenvalue weighted by atomic mass is 16.6. The second-order valence-corrected chi connectivity index (χ2v) is 7.93. The summed E-state index contributed by atoms with van der Waals surface area (Å²) in [5, 5.41) is 5.70. The van der Waals surface area contributed by atoms with Crippen LogP contribution in [0.5, 0.6) is 5.75 Å². The lowest BCUT2D eigenvalue weighted by Crippen LogP contribution is -2.53. The molecular weight excluding hydrogens is 360 g/mol. The molecule has 2 rings (SSSR count). The van der Waals surface area contributed by atoms with Crippen molar-refractivity contribution in [1.82, 2.24) is 10.6 Å².